The second-order valence-corrected chi connectivity index (χ2v) is 14.9. The number of hydrogen-bond acceptors (Lipinski definition) is 5. The zero-order chi connectivity index (χ0) is 18.5. The van der Waals surface area contributed by atoms with Gasteiger partial charge < -0.3 is 18.7 Å². The van der Waals surface area contributed by atoms with Crippen molar-refractivity contribution in [2.45, 2.75) is 80.3 Å². The first-order valence-corrected chi connectivity index (χ1v) is 11.6. The predicted octanol–water partition coefficient (Wildman–Crippen LogP) is 4.32. The third kappa shape index (κ3) is 3.45. The van der Waals surface area contributed by atoms with Gasteiger partial charge in [-0.3, -0.25) is 0 Å². The van der Waals surface area contributed by atoms with E-state index in [1.54, 1.807) is 11.8 Å². The molecule has 2 aliphatic heterocycles. The number of rotatable bonds is 2. The summed E-state index contributed by atoms with van der Waals surface area (Å²) >= 11 is 1.55. The van der Waals surface area contributed by atoms with Crippen LogP contribution in [0.15, 0.2) is 35.2 Å². The smallest absolute Gasteiger partial charge is 0.349 e. The van der Waals surface area contributed by atoms with E-state index in [1.165, 1.54) is 0 Å². The number of aliphatic hydroxyl groups is 1. The molecule has 1 aromatic carbocycles. The van der Waals surface area contributed by atoms with Crippen molar-refractivity contribution in [2.24, 2.45) is 0 Å². The van der Waals surface area contributed by atoms with E-state index in [0.29, 0.717) is 6.61 Å². The standard InChI is InChI=1S/C19H30O4SSi/c1-18(2,3)25(19(4,5)6)21-12-14-16(23-25)15(20)17(22-14)24-13-10-8-7-9-11-13/h7-11,14-17,20H,12H2,1-6H3/t14-,15+,16-,17-/m0/s1. The summed E-state index contributed by atoms with van der Waals surface area (Å²) in [5.74, 6) is 0. The van der Waals surface area contributed by atoms with Crippen LogP contribution in [0, 0.1) is 0 Å². The average molecular weight is 383 g/mol. The van der Waals surface area contributed by atoms with Crippen LogP contribution in [0.25, 0.3) is 0 Å². The van der Waals surface area contributed by atoms with Crippen LogP contribution >= 0.6 is 11.8 Å². The van der Waals surface area contributed by atoms with Crippen molar-refractivity contribution in [3.05, 3.63) is 30.3 Å². The van der Waals surface area contributed by atoms with Gasteiger partial charge in [-0.15, -0.1) is 0 Å². The van der Waals surface area contributed by atoms with E-state index in [4.69, 9.17) is 13.6 Å². The lowest BCUT2D eigenvalue weighted by atomic mass is 10.1. The number of hydrogen-bond donors (Lipinski definition) is 1. The van der Waals surface area contributed by atoms with E-state index in [-0.39, 0.29) is 27.7 Å². The van der Waals surface area contributed by atoms with Gasteiger partial charge in [0.25, 0.3) is 0 Å². The van der Waals surface area contributed by atoms with E-state index in [2.05, 4.69) is 41.5 Å². The molecule has 0 unspecified atom stereocenters. The Hall–Kier alpha value is -0.373. The third-order valence-electron chi connectivity index (χ3n) is 5.01. The lowest BCUT2D eigenvalue weighted by Crippen LogP contribution is -2.65. The van der Waals surface area contributed by atoms with Crippen molar-refractivity contribution < 1.29 is 18.7 Å². The molecule has 6 heteroatoms. The number of aliphatic hydroxyl groups excluding tert-OH is 1. The SMILES string of the molecule is CC(C)(C)[Si]1(C(C)(C)C)OC[C@@H]2O[C@@H](Sc3ccccc3)[C@H](O)[C@H]2O1. The Bertz CT molecular complexity index is 582. The maximum Gasteiger partial charge on any atom is 0.349 e. The molecular formula is C19H30O4SSi. The van der Waals surface area contributed by atoms with E-state index in [0.717, 1.165) is 4.90 Å². The molecule has 0 aliphatic carbocycles. The Labute approximate surface area is 156 Å². The fraction of sp³-hybridized carbons (Fsp3) is 0.684. The Kier molecular flexibility index (Phi) is 5.16. The van der Waals surface area contributed by atoms with Gasteiger partial charge in [0, 0.05) is 15.0 Å². The van der Waals surface area contributed by atoms with Gasteiger partial charge in [-0.25, -0.2) is 0 Å². The molecule has 0 bridgehead atoms. The number of benzene rings is 1. The molecule has 2 saturated heterocycles. The van der Waals surface area contributed by atoms with Gasteiger partial charge in [0.15, 0.2) is 0 Å². The minimum atomic E-state index is -2.58. The van der Waals surface area contributed by atoms with Crippen molar-refractivity contribution in [1.82, 2.24) is 0 Å². The molecular weight excluding hydrogens is 352 g/mol. The molecule has 0 saturated carbocycles. The van der Waals surface area contributed by atoms with Crippen molar-refractivity contribution in [2.75, 3.05) is 6.61 Å². The maximum absolute atomic E-state index is 10.9. The Morgan fingerprint density at radius 1 is 1.04 bits per heavy atom. The van der Waals surface area contributed by atoms with Crippen LogP contribution in [-0.2, 0) is 13.6 Å². The van der Waals surface area contributed by atoms with Gasteiger partial charge in [0.2, 0.25) is 0 Å². The Balaban J connectivity index is 1.81. The first kappa shape index (κ1) is 19.4. The highest BCUT2D eigenvalue weighted by Gasteiger charge is 2.64. The first-order valence-electron chi connectivity index (χ1n) is 8.92. The summed E-state index contributed by atoms with van der Waals surface area (Å²) in [4.78, 5) is 1.08. The zero-order valence-corrected chi connectivity index (χ0v) is 17.8. The topological polar surface area (TPSA) is 47.9 Å². The fourth-order valence-electron chi connectivity index (χ4n) is 4.05. The largest absolute Gasteiger partial charge is 0.391 e. The molecule has 4 nitrogen and oxygen atoms in total. The van der Waals surface area contributed by atoms with Crippen LogP contribution in [0.5, 0.6) is 0 Å². The van der Waals surface area contributed by atoms with Crippen molar-refractivity contribution in [3.8, 4) is 0 Å². The van der Waals surface area contributed by atoms with Crippen LogP contribution in [0.1, 0.15) is 41.5 Å². The quantitative estimate of drug-likeness (QED) is 0.772. The highest BCUT2D eigenvalue weighted by Crippen LogP contribution is 2.55. The summed E-state index contributed by atoms with van der Waals surface area (Å²) in [6, 6.07) is 10.0. The molecule has 0 aromatic heterocycles. The van der Waals surface area contributed by atoms with E-state index in [1.807, 2.05) is 30.3 Å². The molecule has 0 radical (unpaired) electrons. The molecule has 0 amide bonds. The fourth-order valence-corrected chi connectivity index (χ4v) is 10.1. The molecule has 1 aromatic rings. The highest BCUT2D eigenvalue weighted by atomic mass is 32.2. The van der Waals surface area contributed by atoms with Crippen LogP contribution in [0.4, 0.5) is 0 Å². The lowest BCUT2D eigenvalue weighted by Gasteiger charge is -2.53. The van der Waals surface area contributed by atoms with E-state index >= 15 is 0 Å². The molecule has 25 heavy (non-hydrogen) atoms. The minimum absolute atomic E-state index is 0.0966. The van der Waals surface area contributed by atoms with Crippen molar-refractivity contribution in [1.29, 1.82) is 0 Å². The van der Waals surface area contributed by atoms with Crippen LogP contribution in [0.3, 0.4) is 0 Å². The second kappa shape index (κ2) is 6.66. The summed E-state index contributed by atoms with van der Waals surface area (Å²) in [5, 5.41) is 10.7. The third-order valence-corrected chi connectivity index (χ3v) is 11.3. The molecule has 2 heterocycles. The summed E-state index contributed by atoms with van der Waals surface area (Å²) in [6.07, 6.45) is -1.18. The zero-order valence-electron chi connectivity index (χ0n) is 16.0. The normalized spacial score (nSPS) is 32.4. The number of thioether (sulfide) groups is 1. The summed E-state index contributed by atoms with van der Waals surface area (Å²) in [7, 11) is -2.58. The predicted molar refractivity (Wildman–Crippen MR) is 103 cm³/mol. The summed E-state index contributed by atoms with van der Waals surface area (Å²) < 4.78 is 19.1. The number of ether oxygens (including phenoxy) is 1. The molecule has 0 spiro atoms. The summed E-state index contributed by atoms with van der Waals surface area (Å²) in [6.45, 7) is 13.6. The van der Waals surface area contributed by atoms with Crippen molar-refractivity contribution in [3.63, 3.8) is 0 Å². The van der Waals surface area contributed by atoms with Crippen LogP contribution in [0.2, 0.25) is 10.1 Å². The van der Waals surface area contributed by atoms with E-state index in [9.17, 15) is 5.11 Å². The second-order valence-electron chi connectivity index (χ2n) is 8.97. The Morgan fingerprint density at radius 3 is 2.20 bits per heavy atom. The van der Waals surface area contributed by atoms with Gasteiger partial charge in [0.1, 0.15) is 23.7 Å². The van der Waals surface area contributed by atoms with Gasteiger partial charge in [-0.05, 0) is 12.1 Å². The number of fused-ring (bicyclic) bond motifs is 1. The van der Waals surface area contributed by atoms with Crippen LogP contribution in [-0.4, -0.2) is 44.0 Å². The van der Waals surface area contributed by atoms with Gasteiger partial charge in [-0.2, -0.15) is 0 Å². The van der Waals surface area contributed by atoms with Crippen molar-refractivity contribution >= 4 is 20.3 Å². The summed E-state index contributed by atoms with van der Waals surface area (Å²) in [5.41, 5.74) is -0.328. The average Bonchev–Trinajstić information content (AvgIpc) is 2.82. The molecule has 140 valence electrons. The first-order chi connectivity index (χ1) is 11.6. The van der Waals surface area contributed by atoms with Gasteiger partial charge >= 0.3 is 8.56 Å². The highest BCUT2D eigenvalue weighted by molar-refractivity contribution is 7.99. The lowest BCUT2D eigenvalue weighted by molar-refractivity contribution is -0.0681. The molecule has 4 atom stereocenters. The van der Waals surface area contributed by atoms with Gasteiger partial charge in [0.05, 0.1) is 6.61 Å². The minimum Gasteiger partial charge on any atom is -0.391 e. The molecule has 2 fully saturated rings. The molecule has 1 N–H and O–H groups in total. The molecule has 2 aliphatic rings. The monoisotopic (exact) mass is 382 g/mol. The molecule has 3 rings (SSSR count). The van der Waals surface area contributed by atoms with E-state index < -0.39 is 14.7 Å². The van der Waals surface area contributed by atoms with Crippen LogP contribution < -0.4 is 0 Å². The Morgan fingerprint density at radius 2 is 1.64 bits per heavy atom. The van der Waals surface area contributed by atoms with Gasteiger partial charge in [-0.1, -0.05) is 71.5 Å². The maximum atomic E-state index is 10.9.